The zero-order valence-corrected chi connectivity index (χ0v) is 10.7. The molecule has 6 nitrogen and oxygen atoms in total. The number of nitrogens with zero attached hydrogens (tertiary/aromatic N) is 1. The van der Waals surface area contributed by atoms with E-state index >= 15 is 0 Å². The maximum Gasteiger partial charge on any atom is 0.134 e. The molecule has 0 saturated carbocycles. The fourth-order valence-electron chi connectivity index (χ4n) is 1.75. The van der Waals surface area contributed by atoms with E-state index in [2.05, 4.69) is 5.16 Å². The highest BCUT2D eigenvalue weighted by Crippen LogP contribution is 2.29. The summed E-state index contributed by atoms with van der Waals surface area (Å²) in [6.45, 7) is 3.08. The molecule has 1 aromatic carbocycles. The molecule has 1 aromatic rings. The number of hydrogen-bond donors (Lipinski definition) is 2. The zero-order chi connectivity index (χ0) is 13.7. The van der Waals surface area contributed by atoms with Crippen molar-refractivity contribution in [2.24, 2.45) is 5.16 Å². The van der Waals surface area contributed by atoms with Crippen LogP contribution in [0.3, 0.4) is 0 Å². The SMILES string of the molecule is CCOCC(O)COc1ccc2c(c1)OCC2=NO. The molecule has 2 rings (SSSR count). The fourth-order valence-corrected chi connectivity index (χ4v) is 1.75. The van der Waals surface area contributed by atoms with Gasteiger partial charge in [-0.3, -0.25) is 0 Å². The van der Waals surface area contributed by atoms with Crippen molar-refractivity contribution in [2.75, 3.05) is 26.4 Å². The minimum Gasteiger partial charge on any atom is -0.491 e. The molecule has 0 aromatic heterocycles. The van der Waals surface area contributed by atoms with Crippen molar-refractivity contribution in [1.29, 1.82) is 0 Å². The number of ether oxygens (including phenoxy) is 3. The Morgan fingerprint density at radius 2 is 2.26 bits per heavy atom. The first-order valence-electron chi connectivity index (χ1n) is 6.11. The monoisotopic (exact) mass is 267 g/mol. The van der Waals surface area contributed by atoms with Crippen molar-refractivity contribution in [2.45, 2.75) is 13.0 Å². The molecular formula is C13H17NO5. The summed E-state index contributed by atoms with van der Waals surface area (Å²) < 4.78 is 15.9. The molecule has 1 aliphatic heterocycles. The number of fused-ring (bicyclic) bond motifs is 1. The minimum absolute atomic E-state index is 0.153. The summed E-state index contributed by atoms with van der Waals surface area (Å²) in [5.41, 5.74) is 1.25. The van der Waals surface area contributed by atoms with Gasteiger partial charge in [-0.25, -0.2) is 0 Å². The average molecular weight is 267 g/mol. The van der Waals surface area contributed by atoms with Crippen LogP contribution < -0.4 is 9.47 Å². The number of aliphatic hydroxyl groups excluding tert-OH is 1. The lowest BCUT2D eigenvalue weighted by Gasteiger charge is -2.12. The van der Waals surface area contributed by atoms with Gasteiger partial charge in [-0.2, -0.15) is 0 Å². The second-order valence-electron chi connectivity index (χ2n) is 4.12. The molecule has 2 N–H and O–H groups in total. The summed E-state index contributed by atoms with van der Waals surface area (Å²) in [5.74, 6) is 1.21. The summed E-state index contributed by atoms with van der Waals surface area (Å²) in [4.78, 5) is 0. The molecular weight excluding hydrogens is 250 g/mol. The van der Waals surface area contributed by atoms with Gasteiger partial charge in [-0.05, 0) is 19.1 Å². The Labute approximate surface area is 111 Å². The highest BCUT2D eigenvalue weighted by molar-refractivity contribution is 6.05. The summed E-state index contributed by atoms with van der Waals surface area (Å²) >= 11 is 0. The Kier molecular flexibility index (Phi) is 4.59. The summed E-state index contributed by atoms with van der Waals surface area (Å²) in [6.07, 6.45) is -0.663. The van der Waals surface area contributed by atoms with Crippen molar-refractivity contribution >= 4 is 5.71 Å². The summed E-state index contributed by atoms with van der Waals surface area (Å²) in [7, 11) is 0. The van der Waals surface area contributed by atoms with E-state index in [0.29, 0.717) is 23.8 Å². The van der Waals surface area contributed by atoms with E-state index in [1.807, 2.05) is 6.92 Å². The first kappa shape index (κ1) is 13.6. The van der Waals surface area contributed by atoms with Gasteiger partial charge in [0.15, 0.2) is 0 Å². The second-order valence-corrected chi connectivity index (χ2v) is 4.12. The predicted octanol–water partition coefficient (Wildman–Crippen LogP) is 1.03. The van der Waals surface area contributed by atoms with Crippen LogP contribution in [0.1, 0.15) is 12.5 Å². The molecule has 1 unspecified atom stereocenters. The lowest BCUT2D eigenvalue weighted by Crippen LogP contribution is -2.23. The van der Waals surface area contributed by atoms with Gasteiger partial charge in [0, 0.05) is 18.2 Å². The summed E-state index contributed by atoms with van der Waals surface area (Å²) in [6, 6.07) is 5.22. The van der Waals surface area contributed by atoms with Crippen LogP contribution in [-0.4, -0.2) is 48.6 Å². The van der Waals surface area contributed by atoms with Crippen LogP contribution in [-0.2, 0) is 4.74 Å². The van der Waals surface area contributed by atoms with E-state index in [-0.39, 0.29) is 19.8 Å². The van der Waals surface area contributed by atoms with Gasteiger partial charge in [0.1, 0.15) is 36.5 Å². The van der Waals surface area contributed by atoms with E-state index in [1.54, 1.807) is 18.2 Å². The Morgan fingerprint density at radius 3 is 3.00 bits per heavy atom. The minimum atomic E-state index is -0.663. The maximum atomic E-state index is 9.58. The number of hydrogen-bond acceptors (Lipinski definition) is 6. The first-order valence-corrected chi connectivity index (χ1v) is 6.11. The molecule has 1 atom stereocenters. The van der Waals surface area contributed by atoms with Crippen molar-refractivity contribution < 1.29 is 24.5 Å². The molecule has 6 heteroatoms. The van der Waals surface area contributed by atoms with Crippen LogP contribution >= 0.6 is 0 Å². The lowest BCUT2D eigenvalue weighted by molar-refractivity contribution is 0.0164. The fraction of sp³-hybridized carbons (Fsp3) is 0.462. The Bertz CT molecular complexity index is 460. The van der Waals surface area contributed by atoms with Crippen molar-refractivity contribution in [3.63, 3.8) is 0 Å². The van der Waals surface area contributed by atoms with Crippen LogP contribution in [0.4, 0.5) is 0 Å². The molecule has 104 valence electrons. The van der Waals surface area contributed by atoms with E-state index < -0.39 is 6.10 Å². The van der Waals surface area contributed by atoms with Crippen LogP contribution in [0.25, 0.3) is 0 Å². The second kappa shape index (κ2) is 6.40. The van der Waals surface area contributed by atoms with E-state index in [9.17, 15) is 5.11 Å². The third-order valence-corrected chi connectivity index (χ3v) is 2.71. The number of oxime groups is 1. The highest BCUT2D eigenvalue weighted by atomic mass is 16.5. The van der Waals surface area contributed by atoms with E-state index in [0.717, 1.165) is 5.56 Å². The average Bonchev–Trinajstić information content (AvgIpc) is 2.85. The van der Waals surface area contributed by atoms with Gasteiger partial charge in [0.05, 0.1) is 6.61 Å². The van der Waals surface area contributed by atoms with Crippen molar-refractivity contribution in [3.8, 4) is 11.5 Å². The number of rotatable bonds is 6. The molecule has 0 radical (unpaired) electrons. The topological polar surface area (TPSA) is 80.5 Å². The molecule has 0 fully saturated rings. The van der Waals surface area contributed by atoms with Crippen molar-refractivity contribution in [3.05, 3.63) is 23.8 Å². The molecule has 0 amide bonds. The third kappa shape index (κ3) is 3.36. The maximum absolute atomic E-state index is 9.58. The van der Waals surface area contributed by atoms with Gasteiger partial charge < -0.3 is 24.5 Å². The van der Waals surface area contributed by atoms with Gasteiger partial charge in [-0.15, -0.1) is 0 Å². The third-order valence-electron chi connectivity index (χ3n) is 2.71. The van der Waals surface area contributed by atoms with Crippen LogP contribution in [0, 0.1) is 0 Å². The first-order chi connectivity index (χ1) is 9.24. The largest absolute Gasteiger partial charge is 0.491 e. The zero-order valence-electron chi connectivity index (χ0n) is 10.7. The quantitative estimate of drug-likeness (QED) is 0.594. The van der Waals surface area contributed by atoms with Crippen LogP contribution in [0.15, 0.2) is 23.4 Å². The standard InChI is InChI=1S/C13H17NO5/c1-2-17-6-9(15)7-18-10-3-4-11-12(14-16)8-19-13(11)5-10/h3-5,9,15-16H,2,6-8H2,1H3. The smallest absolute Gasteiger partial charge is 0.134 e. The number of benzene rings is 1. The predicted molar refractivity (Wildman–Crippen MR) is 68.3 cm³/mol. The van der Waals surface area contributed by atoms with E-state index in [1.165, 1.54) is 0 Å². The molecule has 19 heavy (non-hydrogen) atoms. The Hall–Kier alpha value is -1.79. The van der Waals surface area contributed by atoms with E-state index in [4.69, 9.17) is 19.4 Å². The van der Waals surface area contributed by atoms with Gasteiger partial charge in [-0.1, -0.05) is 5.16 Å². The van der Waals surface area contributed by atoms with Gasteiger partial charge >= 0.3 is 0 Å². The molecule has 0 bridgehead atoms. The lowest BCUT2D eigenvalue weighted by atomic mass is 10.1. The highest BCUT2D eigenvalue weighted by Gasteiger charge is 2.20. The number of aliphatic hydroxyl groups is 1. The molecule has 1 heterocycles. The Balaban J connectivity index is 1.93. The summed E-state index contributed by atoms with van der Waals surface area (Å²) in [5, 5.41) is 21.5. The molecule has 1 aliphatic rings. The normalized spacial score (nSPS) is 17.1. The van der Waals surface area contributed by atoms with Crippen molar-refractivity contribution in [1.82, 2.24) is 0 Å². The van der Waals surface area contributed by atoms with Gasteiger partial charge in [0.25, 0.3) is 0 Å². The Morgan fingerprint density at radius 1 is 1.42 bits per heavy atom. The molecule has 0 spiro atoms. The van der Waals surface area contributed by atoms with Gasteiger partial charge in [0.2, 0.25) is 0 Å². The molecule has 0 saturated heterocycles. The molecule has 0 aliphatic carbocycles. The van der Waals surface area contributed by atoms with Crippen LogP contribution in [0.5, 0.6) is 11.5 Å². The van der Waals surface area contributed by atoms with Crippen LogP contribution in [0.2, 0.25) is 0 Å².